The van der Waals surface area contributed by atoms with Crippen LogP contribution in [0.4, 0.5) is 5.69 Å². The summed E-state index contributed by atoms with van der Waals surface area (Å²) in [5.41, 5.74) is 3.73. The highest BCUT2D eigenvalue weighted by atomic mass is 32.1. The summed E-state index contributed by atoms with van der Waals surface area (Å²) in [5, 5.41) is 7.30. The number of rotatable bonds is 4. The SMILES string of the molecule is CCOc1ccccc1NC(=S)NC1Cc2ccccc2C1. The maximum Gasteiger partial charge on any atom is 0.171 e. The number of ether oxygens (including phenoxy) is 1. The molecule has 0 amide bonds. The molecular formula is C18H20N2OS. The molecule has 0 heterocycles. The number of hydrogen-bond donors (Lipinski definition) is 2. The highest BCUT2D eigenvalue weighted by Gasteiger charge is 2.21. The van der Waals surface area contributed by atoms with E-state index in [4.69, 9.17) is 17.0 Å². The van der Waals surface area contributed by atoms with Crippen LogP contribution < -0.4 is 15.4 Å². The lowest BCUT2D eigenvalue weighted by Gasteiger charge is -2.17. The van der Waals surface area contributed by atoms with E-state index < -0.39 is 0 Å². The zero-order chi connectivity index (χ0) is 15.4. The van der Waals surface area contributed by atoms with Gasteiger partial charge in [-0.05, 0) is 55.2 Å². The molecule has 0 atom stereocenters. The van der Waals surface area contributed by atoms with E-state index in [1.165, 1.54) is 11.1 Å². The van der Waals surface area contributed by atoms with Gasteiger partial charge in [-0.15, -0.1) is 0 Å². The van der Waals surface area contributed by atoms with Crippen LogP contribution in [0.5, 0.6) is 5.75 Å². The number of benzene rings is 2. The Kier molecular flexibility index (Phi) is 4.59. The summed E-state index contributed by atoms with van der Waals surface area (Å²) in [6.07, 6.45) is 2.04. The largest absolute Gasteiger partial charge is 0.492 e. The zero-order valence-corrected chi connectivity index (χ0v) is 13.5. The van der Waals surface area contributed by atoms with Crippen LogP contribution in [0.2, 0.25) is 0 Å². The smallest absolute Gasteiger partial charge is 0.171 e. The molecule has 0 aliphatic heterocycles. The number of thiocarbonyl (C=S) groups is 1. The Hall–Kier alpha value is -2.07. The van der Waals surface area contributed by atoms with Gasteiger partial charge in [0.2, 0.25) is 0 Å². The van der Waals surface area contributed by atoms with E-state index in [-0.39, 0.29) is 0 Å². The van der Waals surface area contributed by atoms with Crippen LogP contribution in [0.25, 0.3) is 0 Å². The molecule has 3 rings (SSSR count). The van der Waals surface area contributed by atoms with Crippen LogP contribution in [-0.4, -0.2) is 17.8 Å². The van der Waals surface area contributed by atoms with Crippen molar-refractivity contribution in [2.24, 2.45) is 0 Å². The molecule has 2 N–H and O–H groups in total. The molecule has 4 heteroatoms. The Morgan fingerprint density at radius 3 is 2.41 bits per heavy atom. The average molecular weight is 312 g/mol. The average Bonchev–Trinajstić information content (AvgIpc) is 2.91. The number of anilines is 1. The Balaban J connectivity index is 1.60. The number of fused-ring (bicyclic) bond motifs is 1. The summed E-state index contributed by atoms with van der Waals surface area (Å²) < 4.78 is 5.61. The van der Waals surface area contributed by atoms with Crippen molar-refractivity contribution in [1.29, 1.82) is 0 Å². The van der Waals surface area contributed by atoms with E-state index in [0.29, 0.717) is 17.8 Å². The second-order valence-electron chi connectivity index (χ2n) is 5.40. The van der Waals surface area contributed by atoms with Crippen molar-refractivity contribution in [2.45, 2.75) is 25.8 Å². The van der Waals surface area contributed by atoms with E-state index in [0.717, 1.165) is 24.3 Å². The second-order valence-corrected chi connectivity index (χ2v) is 5.81. The number of para-hydroxylation sites is 2. The molecule has 1 aliphatic rings. The lowest BCUT2D eigenvalue weighted by Crippen LogP contribution is -2.38. The van der Waals surface area contributed by atoms with Crippen molar-refractivity contribution in [1.82, 2.24) is 5.32 Å². The molecule has 0 saturated carbocycles. The lowest BCUT2D eigenvalue weighted by atomic mass is 10.1. The molecule has 22 heavy (non-hydrogen) atoms. The van der Waals surface area contributed by atoms with Crippen LogP contribution in [-0.2, 0) is 12.8 Å². The third kappa shape index (κ3) is 3.39. The Morgan fingerprint density at radius 1 is 1.09 bits per heavy atom. The maximum atomic E-state index is 5.61. The molecule has 0 fully saturated rings. The van der Waals surface area contributed by atoms with Crippen LogP contribution in [0.3, 0.4) is 0 Å². The van der Waals surface area contributed by atoms with Gasteiger partial charge in [0, 0.05) is 6.04 Å². The van der Waals surface area contributed by atoms with Gasteiger partial charge < -0.3 is 15.4 Å². The molecule has 0 aromatic heterocycles. The van der Waals surface area contributed by atoms with E-state index in [9.17, 15) is 0 Å². The van der Waals surface area contributed by atoms with Crippen molar-refractivity contribution in [3.63, 3.8) is 0 Å². The first-order valence-electron chi connectivity index (χ1n) is 7.62. The molecule has 0 radical (unpaired) electrons. The van der Waals surface area contributed by atoms with Crippen molar-refractivity contribution >= 4 is 23.0 Å². The van der Waals surface area contributed by atoms with Gasteiger partial charge >= 0.3 is 0 Å². The molecular weight excluding hydrogens is 292 g/mol. The normalized spacial score (nSPS) is 13.5. The van der Waals surface area contributed by atoms with Gasteiger partial charge in [0.25, 0.3) is 0 Å². The Labute approximate surface area is 136 Å². The van der Waals surface area contributed by atoms with Gasteiger partial charge in [-0.2, -0.15) is 0 Å². The van der Waals surface area contributed by atoms with Crippen LogP contribution in [0.15, 0.2) is 48.5 Å². The molecule has 3 nitrogen and oxygen atoms in total. The monoisotopic (exact) mass is 312 g/mol. The molecule has 0 saturated heterocycles. The van der Waals surface area contributed by atoms with Gasteiger partial charge in [-0.1, -0.05) is 36.4 Å². The Bertz CT molecular complexity index is 647. The van der Waals surface area contributed by atoms with Crippen molar-refractivity contribution in [3.8, 4) is 5.75 Å². The first-order valence-corrected chi connectivity index (χ1v) is 8.03. The van der Waals surface area contributed by atoms with E-state index in [2.05, 4.69) is 34.9 Å². The summed E-state index contributed by atoms with van der Waals surface area (Å²) in [4.78, 5) is 0. The molecule has 1 aliphatic carbocycles. The fraction of sp³-hybridized carbons (Fsp3) is 0.278. The predicted molar refractivity (Wildman–Crippen MR) is 94.6 cm³/mol. The summed E-state index contributed by atoms with van der Waals surface area (Å²) in [5.74, 6) is 0.823. The Morgan fingerprint density at radius 2 is 1.73 bits per heavy atom. The zero-order valence-electron chi connectivity index (χ0n) is 12.6. The molecule has 114 valence electrons. The lowest BCUT2D eigenvalue weighted by molar-refractivity contribution is 0.342. The van der Waals surface area contributed by atoms with E-state index >= 15 is 0 Å². The van der Waals surface area contributed by atoms with Crippen LogP contribution in [0.1, 0.15) is 18.1 Å². The van der Waals surface area contributed by atoms with E-state index in [1.807, 2.05) is 31.2 Å². The van der Waals surface area contributed by atoms with Crippen molar-refractivity contribution in [3.05, 3.63) is 59.7 Å². The summed E-state index contributed by atoms with van der Waals surface area (Å²) in [6, 6.07) is 16.8. The van der Waals surface area contributed by atoms with Crippen molar-refractivity contribution in [2.75, 3.05) is 11.9 Å². The number of nitrogens with one attached hydrogen (secondary N) is 2. The first-order chi connectivity index (χ1) is 10.8. The third-order valence-corrected chi connectivity index (χ3v) is 4.04. The van der Waals surface area contributed by atoms with E-state index in [1.54, 1.807) is 0 Å². The standard InChI is InChI=1S/C18H20N2OS/c1-2-21-17-10-6-5-9-16(17)20-18(22)19-15-11-13-7-3-4-8-14(13)12-15/h3-10,15H,2,11-12H2,1H3,(H2,19,20,22). The third-order valence-electron chi connectivity index (χ3n) is 3.82. The fourth-order valence-electron chi connectivity index (χ4n) is 2.86. The summed E-state index contributed by atoms with van der Waals surface area (Å²) in [6.45, 7) is 2.61. The molecule has 0 unspecified atom stereocenters. The van der Waals surface area contributed by atoms with Crippen molar-refractivity contribution < 1.29 is 4.74 Å². The van der Waals surface area contributed by atoms with Gasteiger partial charge in [-0.25, -0.2) is 0 Å². The minimum atomic E-state index is 0.358. The van der Waals surface area contributed by atoms with Gasteiger partial charge in [0.05, 0.1) is 12.3 Å². The maximum absolute atomic E-state index is 5.61. The topological polar surface area (TPSA) is 33.3 Å². The molecule has 2 aromatic rings. The molecule has 0 spiro atoms. The predicted octanol–water partition coefficient (Wildman–Crippen LogP) is 3.54. The summed E-state index contributed by atoms with van der Waals surface area (Å²) in [7, 11) is 0. The van der Waals surface area contributed by atoms with Crippen LogP contribution in [0, 0.1) is 0 Å². The summed E-state index contributed by atoms with van der Waals surface area (Å²) >= 11 is 5.45. The molecule has 2 aromatic carbocycles. The fourth-order valence-corrected chi connectivity index (χ4v) is 3.13. The second kappa shape index (κ2) is 6.79. The van der Waals surface area contributed by atoms with Gasteiger partial charge in [-0.3, -0.25) is 0 Å². The van der Waals surface area contributed by atoms with Gasteiger partial charge in [0.1, 0.15) is 5.75 Å². The number of hydrogen-bond acceptors (Lipinski definition) is 2. The van der Waals surface area contributed by atoms with Gasteiger partial charge in [0.15, 0.2) is 5.11 Å². The van der Waals surface area contributed by atoms with Crippen LogP contribution >= 0.6 is 12.2 Å². The quantitative estimate of drug-likeness (QED) is 0.846. The molecule has 0 bridgehead atoms. The minimum Gasteiger partial charge on any atom is -0.492 e. The first kappa shape index (κ1) is 14.9. The highest BCUT2D eigenvalue weighted by Crippen LogP contribution is 2.24. The highest BCUT2D eigenvalue weighted by molar-refractivity contribution is 7.80. The minimum absolute atomic E-state index is 0.358.